The summed E-state index contributed by atoms with van der Waals surface area (Å²) in [5, 5.41) is 3.93. The van der Waals surface area contributed by atoms with Crippen molar-refractivity contribution in [1.82, 2.24) is 24.1 Å². The Morgan fingerprint density at radius 1 is 1.19 bits per heavy atom. The van der Waals surface area contributed by atoms with E-state index >= 15 is 0 Å². The van der Waals surface area contributed by atoms with E-state index in [0.717, 1.165) is 16.6 Å². The largest absolute Gasteiger partial charge is 0.332 e. The highest BCUT2D eigenvalue weighted by molar-refractivity contribution is 5.83. The van der Waals surface area contributed by atoms with Gasteiger partial charge in [0.25, 0.3) is 11.5 Å². The number of benzene rings is 1. The van der Waals surface area contributed by atoms with Crippen LogP contribution < -0.4 is 16.7 Å². The van der Waals surface area contributed by atoms with Crippen LogP contribution in [0.1, 0.15) is 18.1 Å². The number of nitrogens with one attached hydrogen (secondary N) is 1. The SMILES string of the molecule is CCc1ccc(C=NNC(=O)Cn2cnc3c2c(=O)n(C)c(=O)n3C)cc1. The topological polar surface area (TPSA) is 103 Å². The van der Waals surface area contributed by atoms with Gasteiger partial charge in [-0.05, 0) is 17.5 Å². The number of nitrogens with zero attached hydrogens (tertiary/aromatic N) is 5. The number of fused-ring (bicyclic) bond motifs is 1. The van der Waals surface area contributed by atoms with Crippen molar-refractivity contribution < 1.29 is 4.79 Å². The Labute approximate surface area is 154 Å². The molecule has 1 N–H and O–H groups in total. The highest BCUT2D eigenvalue weighted by Crippen LogP contribution is 2.05. The Morgan fingerprint density at radius 2 is 1.89 bits per heavy atom. The molecule has 0 saturated carbocycles. The van der Waals surface area contributed by atoms with E-state index in [9.17, 15) is 14.4 Å². The minimum absolute atomic E-state index is 0.143. The number of aryl methyl sites for hydroxylation is 2. The van der Waals surface area contributed by atoms with Crippen LogP contribution in [-0.4, -0.2) is 30.8 Å². The first-order valence-corrected chi connectivity index (χ1v) is 8.44. The van der Waals surface area contributed by atoms with Gasteiger partial charge >= 0.3 is 5.69 Å². The first-order chi connectivity index (χ1) is 12.9. The molecule has 3 aromatic rings. The van der Waals surface area contributed by atoms with E-state index in [4.69, 9.17) is 0 Å². The van der Waals surface area contributed by atoms with Crippen LogP contribution in [0.2, 0.25) is 0 Å². The number of hydrogen-bond donors (Lipinski definition) is 1. The van der Waals surface area contributed by atoms with E-state index in [1.54, 1.807) is 6.21 Å². The van der Waals surface area contributed by atoms with Crippen LogP contribution in [0, 0.1) is 0 Å². The Morgan fingerprint density at radius 3 is 2.56 bits per heavy atom. The van der Waals surface area contributed by atoms with Crippen molar-refractivity contribution in [2.24, 2.45) is 19.2 Å². The van der Waals surface area contributed by atoms with Crippen molar-refractivity contribution in [2.75, 3.05) is 0 Å². The van der Waals surface area contributed by atoms with Gasteiger partial charge in [-0.1, -0.05) is 31.2 Å². The molecule has 0 spiro atoms. The first-order valence-electron chi connectivity index (χ1n) is 8.44. The molecular formula is C18H20N6O3. The average molecular weight is 368 g/mol. The van der Waals surface area contributed by atoms with E-state index in [1.165, 1.54) is 35.1 Å². The van der Waals surface area contributed by atoms with Gasteiger partial charge in [0.2, 0.25) is 0 Å². The lowest BCUT2D eigenvalue weighted by molar-refractivity contribution is -0.121. The summed E-state index contributed by atoms with van der Waals surface area (Å²) in [6, 6.07) is 7.84. The third-order valence-corrected chi connectivity index (χ3v) is 4.32. The summed E-state index contributed by atoms with van der Waals surface area (Å²) in [6.07, 6.45) is 3.86. The Balaban J connectivity index is 1.75. The van der Waals surface area contributed by atoms with Crippen LogP contribution in [0.25, 0.3) is 11.2 Å². The van der Waals surface area contributed by atoms with Gasteiger partial charge in [0.05, 0.1) is 12.5 Å². The predicted octanol–water partition coefficient (Wildman–Crippen LogP) is 0.146. The smallest absolute Gasteiger partial charge is 0.315 e. The van der Waals surface area contributed by atoms with Crippen molar-refractivity contribution >= 4 is 23.3 Å². The number of amides is 1. The van der Waals surface area contributed by atoms with E-state index < -0.39 is 17.2 Å². The van der Waals surface area contributed by atoms with E-state index in [2.05, 4.69) is 22.4 Å². The summed E-state index contributed by atoms with van der Waals surface area (Å²) in [5.74, 6) is -0.411. The fourth-order valence-corrected chi connectivity index (χ4v) is 2.73. The number of carbonyl (C=O) groups is 1. The van der Waals surface area contributed by atoms with E-state index in [-0.39, 0.29) is 17.7 Å². The second-order valence-corrected chi connectivity index (χ2v) is 6.14. The van der Waals surface area contributed by atoms with Gasteiger partial charge in [-0.3, -0.25) is 18.7 Å². The Hall–Kier alpha value is -3.49. The van der Waals surface area contributed by atoms with Crippen LogP contribution in [0.15, 0.2) is 45.3 Å². The average Bonchev–Trinajstić information content (AvgIpc) is 3.08. The van der Waals surface area contributed by atoms with Gasteiger partial charge in [-0.25, -0.2) is 15.2 Å². The van der Waals surface area contributed by atoms with Crippen LogP contribution in [0.4, 0.5) is 0 Å². The van der Waals surface area contributed by atoms with Crippen molar-refractivity contribution in [3.63, 3.8) is 0 Å². The molecule has 0 bridgehead atoms. The molecule has 3 rings (SSSR count). The summed E-state index contributed by atoms with van der Waals surface area (Å²) >= 11 is 0. The fraction of sp³-hybridized carbons (Fsp3) is 0.278. The molecular weight excluding hydrogens is 348 g/mol. The van der Waals surface area contributed by atoms with Crippen LogP contribution in [-0.2, 0) is 31.9 Å². The lowest BCUT2D eigenvalue weighted by atomic mass is 10.1. The number of hydrogen-bond acceptors (Lipinski definition) is 5. The molecule has 0 aliphatic carbocycles. The van der Waals surface area contributed by atoms with Crippen LogP contribution in [0.3, 0.4) is 0 Å². The molecule has 2 heterocycles. The molecule has 0 atom stereocenters. The van der Waals surface area contributed by atoms with Crippen molar-refractivity contribution in [3.05, 3.63) is 62.6 Å². The number of rotatable bonds is 5. The molecule has 0 radical (unpaired) electrons. The zero-order chi connectivity index (χ0) is 19.6. The molecule has 0 unspecified atom stereocenters. The van der Waals surface area contributed by atoms with Gasteiger partial charge in [0.15, 0.2) is 11.2 Å². The zero-order valence-electron chi connectivity index (χ0n) is 15.3. The maximum Gasteiger partial charge on any atom is 0.332 e. The van der Waals surface area contributed by atoms with Crippen molar-refractivity contribution in [2.45, 2.75) is 19.9 Å². The maximum absolute atomic E-state index is 12.3. The second-order valence-electron chi connectivity index (χ2n) is 6.14. The second kappa shape index (κ2) is 7.40. The first kappa shape index (κ1) is 18.3. The summed E-state index contributed by atoms with van der Waals surface area (Å²) in [5.41, 5.74) is 3.96. The molecule has 0 aliphatic rings. The summed E-state index contributed by atoms with van der Waals surface area (Å²) < 4.78 is 3.65. The van der Waals surface area contributed by atoms with Crippen LogP contribution in [0.5, 0.6) is 0 Å². The van der Waals surface area contributed by atoms with Gasteiger partial charge in [-0.2, -0.15) is 5.10 Å². The minimum Gasteiger partial charge on any atom is -0.315 e. The number of carbonyl (C=O) groups excluding carboxylic acids is 1. The molecule has 140 valence electrons. The van der Waals surface area contributed by atoms with E-state index in [1.807, 2.05) is 24.3 Å². The third-order valence-electron chi connectivity index (χ3n) is 4.32. The normalized spacial score (nSPS) is 11.4. The molecule has 0 saturated heterocycles. The summed E-state index contributed by atoms with van der Waals surface area (Å²) in [4.78, 5) is 40.5. The van der Waals surface area contributed by atoms with Gasteiger partial charge in [-0.15, -0.1) is 0 Å². The van der Waals surface area contributed by atoms with Gasteiger partial charge in [0.1, 0.15) is 6.54 Å². The third kappa shape index (κ3) is 3.57. The number of hydrazone groups is 1. The Kier molecular flexibility index (Phi) is 5.02. The summed E-state index contributed by atoms with van der Waals surface area (Å²) in [6.45, 7) is 1.93. The van der Waals surface area contributed by atoms with E-state index in [0.29, 0.717) is 0 Å². The fourth-order valence-electron chi connectivity index (χ4n) is 2.73. The number of aromatic nitrogens is 4. The molecule has 0 aliphatic heterocycles. The number of imidazole rings is 1. The molecule has 1 aromatic carbocycles. The highest BCUT2D eigenvalue weighted by atomic mass is 16.2. The molecule has 0 fully saturated rings. The molecule has 2 aromatic heterocycles. The monoisotopic (exact) mass is 368 g/mol. The molecule has 9 nitrogen and oxygen atoms in total. The van der Waals surface area contributed by atoms with Gasteiger partial charge in [0, 0.05) is 14.1 Å². The lowest BCUT2D eigenvalue weighted by Gasteiger charge is -2.06. The molecule has 1 amide bonds. The molecule has 27 heavy (non-hydrogen) atoms. The maximum atomic E-state index is 12.3. The Bertz CT molecular complexity index is 1130. The van der Waals surface area contributed by atoms with Crippen LogP contribution >= 0.6 is 0 Å². The summed E-state index contributed by atoms with van der Waals surface area (Å²) in [7, 11) is 2.91. The van der Waals surface area contributed by atoms with Crippen molar-refractivity contribution in [3.8, 4) is 0 Å². The lowest BCUT2D eigenvalue weighted by Crippen LogP contribution is -2.38. The highest BCUT2D eigenvalue weighted by Gasteiger charge is 2.15. The van der Waals surface area contributed by atoms with Gasteiger partial charge < -0.3 is 4.57 Å². The van der Waals surface area contributed by atoms with Crippen molar-refractivity contribution in [1.29, 1.82) is 0 Å². The standard InChI is InChI=1S/C18H20N6O3/c1-4-12-5-7-13(8-6-12)9-20-21-14(25)10-24-11-19-16-15(24)17(26)23(3)18(27)22(16)2/h5-9,11H,4,10H2,1-3H3,(H,21,25). The zero-order valence-corrected chi connectivity index (χ0v) is 15.3. The predicted molar refractivity (Wildman–Crippen MR) is 102 cm³/mol. The molecule has 9 heteroatoms. The quantitative estimate of drug-likeness (QED) is 0.511. The minimum atomic E-state index is -0.502.